The van der Waals surface area contributed by atoms with Gasteiger partial charge < -0.3 is 13.7 Å². The second-order valence-electron chi connectivity index (χ2n) is 17.0. The fraction of sp³-hybridized carbons (Fsp3) is 0. The summed E-state index contributed by atoms with van der Waals surface area (Å²) in [6.45, 7) is 8.09. The van der Waals surface area contributed by atoms with E-state index in [9.17, 15) is 5.26 Å². The average molecular weight is 852 g/mol. The van der Waals surface area contributed by atoms with Crippen molar-refractivity contribution in [3.8, 4) is 56.5 Å². The van der Waals surface area contributed by atoms with Gasteiger partial charge in [-0.3, -0.25) is 0 Å². The predicted octanol–water partition coefficient (Wildman–Crippen LogP) is 16.4. The molecule has 0 unspecified atom stereocenters. The highest BCUT2D eigenvalue weighted by Gasteiger charge is 2.24. The Kier molecular flexibility index (Phi) is 8.58. The lowest BCUT2D eigenvalue weighted by Crippen LogP contribution is -2.02. The highest BCUT2D eigenvalue weighted by molar-refractivity contribution is 6.17. The molecule has 0 atom stereocenters. The van der Waals surface area contributed by atoms with Crippen molar-refractivity contribution in [1.29, 1.82) is 5.26 Å². The molecule has 0 N–H and O–H groups in total. The van der Waals surface area contributed by atoms with Gasteiger partial charge >= 0.3 is 0 Å². The van der Waals surface area contributed by atoms with Crippen LogP contribution in [-0.2, 0) is 0 Å². The molecule has 0 bridgehead atoms. The van der Waals surface area contributed by atoms with E-state index < -0.39 is 0 Å². The Balaban J connectivity index is 1.11. The first-order chi connectivity index (χ1) is 33.2. The van der Waals surface area contributed by atoms with E-state index in [1.54, 1.807) is 12.1 Å². The number of hydrogen-bond donors (Lipinski definition) is 0. The Labute approximate surface area is 386 Å². The first-order valence-electron chi connectivity index (χ1n) is 22.4. The lowest BCUT2D eigenvalue weighted by Gasteiger charge is -2.21. The lowest BCUT2D eigenvalue weighted by molar-refractivity contribution is 1.16. The summed E-state index contributed by atoms with van der Waals surface area (Å²) < 4.78 is 7.29. The van der Waals surface area contributed by atoms with Gasteiger partial charge in [0.05, 0.1) is 62.8 Å². The van der Waals surface area contributed by atoms with Crippen LogP contribution in [0.15, 0.2) is 224 Å². The van der Waals surface area contributed by atoms with Crippen molar-refractivity contribution in [1.82, 2.24) is 13.7 Å². The van der Waals surface area contributed by atoms with Gasteiger partial charge in [0.1, 0.15) is 0 Å². The second kappa shape index (κ2) is 15.1. The minimum Gasteiger partial charge on any atom is -0.309 e. The summed E-state index contributed by atoms with van der Waals surface area (Å²) in [5.41, 5.74) is 16.9. The SMILES string of the molecule is [C-]#[N+]c1cc(C#N)ccc1-c1cccc(-c2c(-c3ccccc3-n3c4ccccc4c4c(-n5c6ccccc6c6ccccc65)cccc43)cccc2-n2c3ccccc3c3ccccc32)c1. The maximum Gasteiger partial charge on any atom is 0.196 e. The molecule has 13 aromatic rings. The molecular formula is C62H37N5. The molecule has 0 spiro atoms. The van der Waals surface area contributed by atoms with E-state index in [2.05, 4.69) is 231 Å². The molecule has 0 fully saturated rings. The number of benzene rings is 10. The summed E-state index contributed by atoms with van der Waals surface area (Å²) in [6, 6.07) is 81.8. The van der Waals surface area contributed by atoms with Crippen molar-refractivity contribution in [2.75, 3.05) is 0 Å². The Morgan fingerprint density at radius 2 is 0.806 bits per heavy atom. The Bertz CT molecular complexity index is 4150. The Morgan fingerprint density at radius 1 is 0.358 bits per heavy atom. The molecule has 67 heavy (non-hydrogen) atoms. The summed E-state index contributed by atoms with van der Waals surface area (Å²) in [5, 5.41) is 16.9. The normalized spacial score (nSPS) is 11.6. The molecule has 0 amide bonds. The smallest absolute Gasteiger partial charge is 0.196 e. The van der Waals surface area contributed by atoms with Gasteiger partial charge in [0, 0.05) is 49.0 Å². The Morgan fingerprint density at radius 3 is 1.43 bits per heavy atom. The third kappa shape index (κ3) is 5.73. The molecule has 10 aromatic carbocycles. The van der Waals surface area contributed by atoms with Crippen molar-refractivity contribution >= 4 is 71.1 Å². The van der Waals surface area contributed by atoms with E-state index in [0.717, 1.165) is 72.5 Å². The van der Waals surface area contributed by atoms with Gasteiger partial charge in [0.25, 0.3) is 0 Å². The third-order valence-electron chi connectivity index (χ3n) is 13.5. The highest BCUT2D eigenvalue weighted by Crippen LogP contribution is 2.46. The fourth-order valence-electron chi connectivity index (χ4n) is 10.7. The summed E-state index contributed by atoms with van der Waals surface area (Å²) in [7, 11) is 0. The van der Waals surface area contributed by atoms with E-state index in [-0.39, 0.29) is 0 Å². The van der Waals surface area contributed by atoms with Crippen LogP contribution in [0.3, 0.4) is 0 Å². The minimum atomic E-state index is 0.448. The molecule has 5 heteroatoms. The molecule has 0 saturated carbocycles. The van der Waals surface area contributed by atoms with Gasteiger partial charge in [-0.2, -0.15) is 5.26 Å². The average Bonchev–Trinajstić information content (AvgIpc) is 4.04. The van der Waals surface area contributed by atoms with Crippen LogP contribution in [-0.4, -0.2) is 13.7 Å². The number of nitrogens with zero attached hydrogens (tertiary/aromatic N) is 5. The van der Waals surface area contributed by atoms with Crippen molar-refractivity contribution in [2.24, 2.45) is 0 Å². The molecule has 310 valence electrons. The molecule has 0 saturated heterocycles. The molecule has 3 heterocycles. The molecule has 0 radical (unpaired) electrons. The number of para-hydroxylation sites is 6. The van der Waals surface area contributed by atoms with Crippen molar-refractivity contribution in [3.63, 3.8) is 0 Å². The zero-order valence-corrected chi connectivity index (χ0v) is 36.1. The molecular weight excluding hydrogens is 815 g/mol. The van der Waals surface area contributed by atoms with Crippen LogP contribution in [0.4, 0.5) is 5.69 Å². The molecule has 5 nitrogen and oxygen atoms in total. The summed E-state index contributed by atoms with van der Waals surface area (Å²) >= 11 is 0. The van der Waals surface area contributed by atoms with Crippen LogP contribution in [0.1, 0.15) is 5.56 Å². The third-order valence-corrected chi connectivity index (χ3v) is 13.5. The van der Waals surface area contributed by atoms with Gasteiger partial charge in [-0.05, 0) is 95.1 Å². The van der Waals surface area contributed by atoms with Gasteiger partial charge in [0.2, 0.25) is 0 Å². The number of nitriles is 1. The monoisotopic (exact) mass is 851 g/mol. The van der Waals surface area contributed by atoms with E-state index in [1.807, 2.05) is 6.07 Å². The molecule has 13 rings (SSSR count). The zero-order chi connectivity index (χ0) is 44.6. The van der Waals surface area contributed by atoms with Crippen molar-refractivity contribution in [2.45, 2.75) is 0 Å². The minimum absolute atomic E-state index is 0.448. The second-order valence-corrected chi connectivity index (χ2v) is 17.0. The first kappa shape index (κ1) is 38.1. The molecule has 0 aliphatic heterocycles. The number of aromatic nitrogens is 3. The molecule has 3 aromatic heterocycles. The van der Waals surface area contributed by atoms with E-state index >= 15 is 0 Å². The van der Waals surface area contributed by atoms with Crippen molar-refractivity contribution in [3.05, 3.63) is 241 Å². The van der Waals surface area contributed by atoms with Crippen LogP contribution in [0.5, 0.6) is 0 Å². The van der Waals surface area contributed by atoms with E-state index in [1.165, 1.54) is 43.4 Å². The maximum atomic E-state index is 9.70. The lowest BCUT2D eigenvalue weighted by atomic mass is 9.90. The standard InChI is InChI=1S/C62H37N5/c1-64-51-37-40(39-63)35-36-43(51)41-17-14-18-42(38-41)61-49(25-15-32-58(61)65-52-26-8-2-19-44(52)45-20-3-9-27-53(45)65)48-23-6-12-30-56(48)67-57-31-13-7-24-50(57)62-59(33-16-34-60(62)67)66-54-28-10-4-21-46(54)47-22-5-11-29-55(47)66/h2-38H. The van der Waals surface area contributed by atoms with E-state index in [0.29, 0.717) is 11.3 Å². The molecule has 0 aliphatic carbocycles. The van der Waals surface area contributed by atoms with Crippen LogP contribution in [0, 0.1) is 17.9 Å². The maximum absolute atomic E-state index is 9.70. The summed E-state index contributed by atoms with van der Waals surface area (Å²) in [4.78, 5) is 3.88. The predicted molar refractivity (Wildman–Crippen MR) is 277 cm³/mol. The van der Waals surface area contributed by atoms with Gasteiger partial charge in [-0.15, -0.1) is 0 Å². The zero-order valence-electron chi connectivity index (χ0n) is 36.1. The quantitative estimate of drug-likeness (QED) is 0.154. The largest absolute Gasteiger partial charge is 0.309 e. The van der Waals surface area contributed by atoms with Gasteiger partial charge in [0.15, 0.2) is 5.69 Å². The summed E-state index contributed by atoms with van der Waals surface area (Å²) in [5.74, 6) is 0. The van der Waals surface area contributed by atoms with Crippen LogP contribution in [0.2, 0.25) is 0 Å². The Hall–Kier alpha value is -9.42. The van der Waals surface area contributed by atoms with E-state index in [4.69, 9.17) is 6.57 Å². The fourth-order valence-corrected chi connectivity index (χ4v) is 10.7. The number of rotatable bonds is 6. The highest BCUT2D eigenvalue weighted by atomic mass is 15.0. The topological polar surface area (TPSA) is 42.9 Å². The van der Waals surface area contributed by atoms with Crippen molar-refractivity contribution < 1.29 is 0 Å². The van der Waals surface area contributed by atoms with Gasteiger partial charge in [-0.1, -0.05) is 152 Å². The van der Waals surface area contributed by atoms with Gasteiger partial charge in [-0.25, -0.2) is 4.85 Å². The molecule has 0 aliphatic rings. The number of hydrogen-bond acceptors (Lipinski definition) is 1. The van der Waals surface area contributed by atoms with Crippen LogP contribution >= 0.6 is 0 Å². The summed E-state index contributed by atoms with van der Waals surface area (Å²) in [6.07, 6.45) is 0. The number of fused-ring (bicyclic) bond motifs is 9. The van der Waals surface area contributed by atoms with Crippen LogP contribution in [0.25, 0.3) is 121 Å². The first-order valence-corrected chi connectivity index (χ1v) is 22.4. The van der Waals surface area contributed by atoms with Crippen LogP contribution < -0.4 is 0 Å².